The van der Waals surface area contributed by atoms with Crippen LogP contribution in [0, 0.1) is 13.8 Å². The molecule has 1 atom stereocenters. The minimum absolute atomic E-state index is 0.0472. The van der Waals surface area contributed by atoms with Crippen LogP contribution < -0.4 is 5.73 Å². The Labute approximate surface area is 124 Å². The number of aryl methyl sites for hydroxylation is 2. The average molecular weight is 292 g/mol. The van der Waals surface area contributed by atoms with Gasteiger partial charge in [-0.05, 0) is 46.7 Å². The molecule has 1 aliphatic rings. The summed E-state index contributed by atoms with van der Waals surface area (Å²) in [6.45, 7) is 9.63. The van der Waals surface area contributed by atoms with Crippen molar-refractivity contribution in [2.45, 2.75) is 45.6 Å². The maximum absolute atomic E-state index is 6.14. The smallest absolute Gasteiger partial charge is 0.194 e. The molecule has 0 aromatic carbocycles. The lowest BCUT2D eigenvalue weighted by molar-refractivity contribution is 0.141. The molecule has 2 aromatic heterocycles. The molecule has 3 heterocycles. The third-order valence-corrected chi connectivity index (χ3v) is 5.63. The lowest BCUT2D eigenvalue weighted by atomic mass is 9.93. The highest BCUT2D eigenvalue weighted by Gasteiger charge is 2.34. The van der Waals surface area contributed by atoms with Crippen molar-refractivity contribution >= 4 is 16.3 Å². The molecule has 110 valence electrons. The summed E-state index contributed by atoms with van der Waals surface area (Å²) in [6, 6.07) is 0. The van der Waals surface area contributed by atoms with Gasteiger partial charge in [0.1, 0.15) is 0 Å². The molecule has 5 heteroatoms. The number of nitrogens with zero attached hydrogens (tertiary/aromatic N) is 3. The maximum atomic E-state index is 6.14. The van der Waals surface area contributed by atoms with Gasteiger partial charge in [-0.3, -0.25) is 9.30 Å². The van der Waals surface area contributed by atoms with Crippen LogP contribution in [-0.4, -0.2) is 39.5 Å². The second-order valence-corrected chi connectivity index (χ2v) is 7.05. The van der Waals surface area contributed by atoms with Gasteiger partial charge in [-0.1, -0.05) is 0 Å². The number of hydrogen-bond acceptors (Lipinski definition) is 4. The molecule has 0 bridgehead atoms. The molecule has 0 amide bonds. The highest BCUT2D eigenvalue weighted by atomic mass is 32.1. The number of hydrogen-bond donors (Lipinski definition) is 1. The van der Waals surface area contributed by atoms with E-state index in [9.17, 15) is 0 Å². The molecule has 1 aliphatic heterocycles. The Morgan fingerprint density at radius 2 is 2.05 bits per heavy atom. The number of fused-ring (bicyclic) bond motifs is 1. The summed E-state index contributed by atoms with van der Waals surface area (Å²) in [6.07, 6.45) is 3.58. The Kier molecular flexibility index (Phi) is 3.60. The molecular weight excluding hydrogens is 268 g/mol. The van der Waals surface area contributed by atoms with Gasteiger partial charge in [0.15, 0.2) is 4.96 Å². The van der Waals surface area contributed by atoms with Crippen molar-refractivity contribution in [3.8, 4) is 0 Å². The van der Waals surface area contributed by atoms with Gasteiger partial charge in [0.2, 0.25) is 0 Å². The first-order chi connectivity index (χ1) is 9.55. The summed E-state index contributed by atoms with van der Waals surface area (Å²) in [4.78, 5) is 8.37. The topological polar surface area (TPSA) is 46.6 Å². The minimum atomic E-state index is 0.0472. The summed E-state index contributed by atoms with van der Waals surface area (Å²) in [7, 11) is 0. The number of thiazole rings is 1. The van der Waals surface area contributed by atoms with Crippen LogP contribution in [0.2, 0.25) is 0 Å². The zero-order chi connectivity index (χ0) is 14.3. The lowest BCUT2D eigenvalue weighted by Gasteiger charge is -2.38. The van der Waals surface area contributed by atoms with E-state index in [1.165, 1.54) is 37.3 Å². The van der Waals surface area contributed by atoms with Crippen molar-refractivity contribution in [1.29, 1.82) is 0 Å². The normalized spacial score (nSPS) is 19.8. The van der Waals surface area contributed by atoms with Crippen molar-refractivity contribution in [1.82, 2.24) is 14.3 Å². The number of nitrogens with two attached hydrogens (primary N) is 1. The highest BCUT2D eigenvalue weighted by molar-refractivity contribution is 7.15. The number of rotatable bonds is 4. The number of aromatic nitrogens is 2. The fraction of sp³-hybridized carbons (Fsp3) is 0.667. The van der Waals surface area contributed by atoms with E-state index in [-0.39, 0.29) is 5.54 Å². The van der Waals surface area contributed by atoms with E-state index in [1.807, 2.05) is 0 Å². The molecule has 2 N–H and O–H groups in total. The van der Waals surface area contributed by atoms with Crippen LogP contribution in [0.25, 0.3) is 4.96 Å². The van der Waals surface area contributed by atoms with Crippen LogP contribution in [0.3, 0.4) is 0 Å². The van der Waals surface area contributed by atoms with Crippen LogP contribution >= 0.6 is 11.3 Å². The average Bonchev–Trinajstić information content (AvgIpc) is 3.12. The summed E-state index contributed by atoms with van der Waals surface area (Å²) in [5.74, 6) is 0. The number of imidazole rings is 1. The second-order valence-electron chi connectivity index (χ2n) is 6.21. The maximum Gasteiger partial charge on any atom is 0.194 e. The van der Waals surface area contributed by atoms with Crippen LogP contribution in [0.5, 0.6) is 0 Å². The molecule has 0 spiro atoms. The zero-order valence-corrected chi connectivity index (χ0v) is 13.5. The molecule has 0 saturated carbocycles. The van der Waals surface area contributed by atoms with Gasteiger partial charge in [-0.2, -0.15) is 0 Å². The molecule has 1 fully saturated rings. The van der Waals surface area contributed by atoms with Gasteiger partial charge in [0.25, 0.3) is 0 Å². The van der Waals surface area contributed by atoms with Gasteiger partial charge in [0, 0.05) is 35.3 Å². The molecule has 1 saturated heterocycles. The third kappa shape index (κ3) is 2.18. The van der Waals surface area contributed by atoms with Gasteiger partial charge >= 0.3 is 0 Å². The van der Waals surface area contributed by atoms with Crippen molar-refractivity contribution in [3.63, 3.8) is 0 Å². The van der Waals surface area contributed by atoms with Gasteiger partial charge in [0.05, 0.1) is 5.69 Å². The Bertz CT molecular complexity index is 609. The highest BCUT2D eigenvalue weighted by Crippen LogP contribution is 2.28. The summed E-state index contributed by atoms with van der Waals surface area (Å²) >= 11 is 1.72. The molecule has 4 nitrogen and oxygen atoms in total. The quantitative estimate of drug-likeness (QED) is 0.941. The Hall–Kier alpha value is -0.910. The van der Waals surface area contributed by atoms with Crippen LogP contribution in [0.4, 0.5) is 0 Å². The van der Waals surface area contributed by atoms with Gasteiger partial charge in [-0.25, -0.2) is 4.98 Å². The zero-order valence-electron chi connectivity index (χ0n) is 12.6. The second kappa shape index (κ2) is 5.13. The van der Waals surface area contributed by atoms with Crippen molar-refractivity contribution < 1.29 is 0 Å². The molecule has 1 unspecified atom stereocenters. The van der Waals surface area contributed by atoms with Crippen LogP contribution in [0.15, 0.2) is 5.38 Å². The van der Waals surface area contributed by atoms with Crippen molar-refractivity contribution in [2.75, 3.05) is 19.6 Å². The van der Waals surface area contributed by atoms with Gasteiger partial charge in [-0.15, -0.1) is 11.3 Å². The molecule has 2 aromatic rings. The van der Waals surface area contributed by atoms with E-state index in [0.29, 0.717) is 6.54 Å². The first kappa shape index (κ1) is 14.0. The molecular formula is C15H24N4S. The summed E-state index contributed by atoms with van der Waals surface area (Å²) in [5, 5.41) is 2.18. The van der Waals surface area contributed by atoms with E-state index >= 15 is 0 Å². The van der Waals surface area contributed by atoms with E-state index in [0.717, 1.165) is 17.1 Å². The van der Waals surface area contributed by atoms with Gasteiger partial charge < -0.3 is 5.73 Å². The van der Waals surface area contributed by atoms with Crippen molar-refractivity contribution in [2.24, 2.45) is 5.73 Å². The van der Waals surface area contributed by atoms with E-state index in [4.69, 9.17) is 10.7 Å². The first-order valence-electron chi connectivity index (χ1n) is 7.42. The predicted octanol–water partition coefficient (Wildman–Crippen LogP) is 2.37. The van der Waals surface area contributed by atoms with E-state index < -0.39 is 0 Å². The fourth-order valence-corrected chi connectivity index (χ4v) is 4.24. The standard InChI is InChI=1S/C15H24N4S/c1-11-9-20-14-17-12(2)13(19(11)14)8-15(3,10-16)18-6-4-5-7-18/h9H,4-8,10,16H2,1-3H3. The van der Waals surface area contributed by atoms with Crippen LogP contribution in [-0.2, 0) is 6.42 Å². The van der Waals surface area contributed by atoms with Crippen molar-refractivity contribution in [3.05, 3.63) is 22.5 Å². The fourth-order valence-electron chi connectivity index (χ4n) is 3.31. The molecule has 0 radical (unpaired) electrons. The third-order valence-electron chi connectivity index (χ3n) is 4.69. The largest absolute Gasteiger partial charge is 0.329 e. The Balaban J connectivity index is 1.98. The molecule has 0 aliphatic carbocycles. The lowest BCUT2D eigenvalue weighted by Crippen LogP contribution is -2.52. The van der Waals surface area contributed by atoms with E-state index in [2.05, 4.69) is 35.5 Å². The monoisotopic (exact) mass is 292 g/mol. The first-order valence-corrected chi connectivity index (χ1v) is 8.30. The van der Waals surface area contributed by atoms with E-state index in [1.54, 1.807) is 11.3 Å². The Morgan fingerprint density at radius 3 is 2.70 bits per heavy atom. The summed E-state index contributed by atoms with van der Waals surface area (Å²) < 4.78 is 2.31. The molecule has 20 heavy (non-hydrogen) atoms. The predicted molar refractivity (Wildman–Crippen MR) is 84.5 cm³/mol. The molecule has 3 rings (SSSR count). The summed E-state index contributed by atoms with van der Waals surface area (Å²) in [5.41, 5.74) is 9.95. The SMILES string of the molecule is Cc1nc2scc(C)n2c1CC(C)(CN)N1CCCC1. The Morgan fingerprint density at radius 1 is 1.35 bits per heavy atom. The minimum Gasteiger partial charge on any atom is -0.329 e. The van der Waals surface area contributed by atoms with Crippen LogP contribution in [0.1, 0.15) is 36.8 Å². The number of likely N-dealkylation sites (tertiary alicyclic amines) is 1.